The van der Waals surface area contributed by atoms with Gasteiger partial charge in [0.1, 0.15) is 11.5 Å². The van der Waals surface area contributed by atoms with Gasteiger partial charge in [-0.3, -0.25) is 14.2 Å². The second-order valence-electron chi connectivity index (χ2n) is 6.97. The van der Waals surface area contributed by atoms with Crippen molar-refractivity contribution in [3.05, 3.63) is 70.1 Å². The van der Waals surface area contributed by atoms with Crippen LogP contribution >= 0.6 is 0 Å². The predicted octanol–water partition coefficient (Wildman–Crippen LogP) is 1.78. The van der Waals surface area contributed by atoms with E-state index in [1.807, 2.05) is 53.4 Å². The van der Waals surface area contributed by atoms with Crippen LogP contribution in [-0.2, 0) is 13.0 Å². The lowest BCUT2D eigenvalue weighted by Crippen LogP contribution is -2.35. The maximum Gasteiger partial charge on any atom is 0.286 e. The summed E-state index contributed by atoms with van der Waals surface area (Å²) in [4.78, 5) is 27.3. The van der Waals surface area contributed by atoms with E-state index in [2.05, 4.69) is 15.5 Å². The van der Waals surface area contributed by atoms with Crippen LogP contribution in [0.3, 0.4) is 0 Å². The molecule has 0 saturated carbocycles. The topological polar surface area (TPSA) is 98.6 Å². The molecule has 1 aliphatic heterocycles. The van der Waals surface area contributed by atoms with Crippen molar-refractivity contribution in [3.8, 4) is 11.5 Å². The third-order valence-electron chi connectivity index (χ3n) is 5.19. The lowest BCUT2D eigenvalue weighted by molar-refractivity contribution is 0.0945. The zero-order valence-electron chi connectivity index (χ0n) is 17.4. The molecule has 4 rings (SSSR count). The van der Waals surface area contributed by atoms with E-state index in [-0.39, 0.29) is 5.69 Å². The quantitative estimate of drug-likeness (QED) is 0.621. The Morgan fingerprint density at radius 3 is 2.55 bits per heavy atom. The second-order valence-corrected chi connectivity index (χ2v) is 6.97. The highest BCUT2D eigenvalue weighted by Crippen LogP contribution is 2.28. The first-order valence-corrected chi connectivity index (χ1v) is 9.91. The van der Waals surface area contributed by atoms with Gasteiger partial charge >= 0.3 is 0 Å². The predicted molar refractivity (Wildman–Crippen MR) is 115 cm³/mol. The van der Waals surface area contributed by atoms with Crippen LogP contribution in [0.1, 0.15) is 16.1 Å². The number of nitrogens with one attached hydrogen (secondary N) is 1. The number of anilines is 2. The Labute approximate surface area is 179 Å². The summed E-state index contributed by atoms with van der Waals surface area (Å²) in [6.45, 7) is 1.34. The normalized spacial score (nSPS) is 12.4. The molecule has 0 fully saturated rings. The van der Waals surface area contributed by atoms with Crippen molar-refractivity contribution in [3.63, 3.8) is 0 Å². The number of hydrogen-bond donors (Lipinski definition) is 1. The Bertz CT molecular complexity index is 1140. The fourth-order valence-corrected chi connectivity index (χ4v) is 3.56. The molecule has 2 heterocycles. The number of ether oxygens (including phenoxy) is 2. The highest BCUT2D eigenvalue weighted by Gasteiger charge is 2.27. The van der Waals surface area contributed by atoms with Crippen molar-refractivity contribution in [1.29, 1.82) is 0 Å². The van der Waals surface area contributed by atoms with E-state index >= 15 is 0 Å². The molecule has 0 bridgehead atoms. The number of hydrogen-bond acceptors (Lipinski definition) is 7. The molecule has 0 spiro atoms. The molecule has 0 atom stereocenters. The van der Waals surface area contributed by atoms with Gasteiger partial charge in [0.05, 0.1) is 14.2 Å². The molecule has 1 aliphatic rings. The number of rotatable bonds is 7. The first kappa shape index (κ1) is 20.4. The minimum Gasteiger partial charge on any atom is -0.497 e. The second kappa shape index (κ2) is 8.86. The van der Waals surface area contributed by atoms with Crippen molar-refractivity contribution < 1.29 is 14.3 Å². The van der Waals surface area contributed by atoms with Gasteiger partial charge < -0.3 is 19.7 Å². The van der Waals surface area contributed by atoms with Crippen molar-refractivity contribution >= 4 is 17.5 Å². The molecule has 0 radical (unpaired) electrons. The van der Waals surface area contributed by atoms with Crippen LogP contribution in [0.15, 0.2) is 53.3 Å². The smallest absolute Gasteiger partial charge is 0.286 e. The summed E-state index contributed by atoms with van der Waals surface area (Å²) >= 11 is 0. The standard InChI is InChI=1S/C22H23N5O4/c1-30-17-9-7-16(8-10-17)26-13-14-27-21(29)19(24-25-22(26)27)20(28)23-12-11-15-5-3-4-6-18(15)31-2/h3-10H,11-14H2,1-2H3,(H,23,28). The molecule has 2 aromatic carbocycles. The SMILES string of the molecule is COc1ccc(N2CCn3c2nnc(C(=O)NCCc2ccccc2OC)c3=O)cc1. The number of nitrogens with zero attached hydrogens (tertiary/aromatic N) is 4. The summed E-state index contributed by atoms with van der Waals surface area (Å²) in [6, 6.07) is 15.1. The van der Waals surface area contributed by atoms with Gasteiger partial charge in [0.15, 0.2) is 0 Å². The number of aromatic nitrogens is 3. The number of para-hydroxylation sites is 1. The molecule has 0 saturated heterocycles. The fourth-order valence-electron chi connectivity index (χ4n) is 3.56. The zero-order chi connectivity index (χ0) is 21.8. The van der Waals surface area contributed by atoms with Crippen LogP contribution in [0.5, 0.6) is 11.5 Å². The van der Waals surface area contributed by atoms with Crippen LogP contribution in [0.4, 0.5) is 11.6 Å². The van der Waals surface area contributed by atoms with Gasteiger partial charge in [0.2, 0.25) is 11.6 Å². The van der Waals surface area contributed by atoms with E-state index in [0.717, 1.165) is 22.7 Å². The van der Waals surface area contributed by atoms with Gasteiger partial charge in [-0.25, -0.2) is 0 Å². The van der Waals surface area contributed by atoms with E-state index in [1.165, 1.54) is 4.57 Å². The molecular weight excluding hydrogens is 398 g/mol. The number of carbonyl (C=O) groups excluding carboxylic acids is 1. The Kier molecular flexibility index (Phi) is 5.83. The summed E-state index contributed by atoms with van der Waals surface area (Å²) in [5.74, 6) is 1.38. The van der Waals surface area contributed by atoms with Crippen molar-refractivity contribution in [2.45, 2.75) is 13.0 Å². The van der Waals surface area contributed by atoms with Gasteiger partial charge in [0, 0.05) is 25.3 Å². The summed E-state index contributed by atoms with van der Waals surface area (Å²) in [7, 11) is 3.21. The molecule has 31 heavy (non-hydrogen) atoms. The maximum atomic E-state index is 12.8. The third kappa shape index (κ3) is 4.07. The minimum atomic E-state index is -0.536. The molecule has 1 aromatic heterocycles. The summed E-state index contributed by atoms with van der Waals surface area (Å²) < 4.78 is 12.0. The van der Waals surface area contributed by atoms with Gasteiger partial charge in [-0.05, 0) is 42.3 Å². The third-order valence-corrected chi connectivity index (χ3v) is 5.19. The first-order chi connectivity index (χ1) is 15.1. The van der Waals surface area contributed by atoms with E-state index < -0.39 is 11.5 Å². The summed E-state index contributed by atoms with van der Waals surface area (Å²) in [5.41, 5.74) is 1.18. The average Bonchev–Trinajstić information content (AvgIpc) is 3.24. The molecule has 1 amide bonds. The van der Waals surface area contributed by atoms with E-state index in [9.17, 15) is 9.59 Å². The van der Waals surface area contributed by atoms with Crippen LogP contribution in [0, 0.1) is 0 Å². The largest absolute Gasteiger partial charge is 0.497 e. The molecule has 0 unspecified atom stereocenters. The monoisotopic (exact) mass is 421 g/mol. The number of amides is 1. The number of methoxy groups -OCH3 is 2. The molecule has 1 N–H and O–H groups in total. The molecule has 0 aliphatic carbocycles. The van der Waals surface area contributed by atoms with Gasteiger partial charge in [0.25, 0.3) is 11.5 Å². The van der Waals surface area contributed by atoms with E-state index in [4.69, 9.17) is 9.47 Å². The molecule has 9 heteroatoms. The zero-order valence-corrected chi connectivity index (χ0v) is 17.4. The van der Waals surface area contributed by atoms with Crippen molar-refractivity contribution in [2.75, 3.05) is 32.2 Å². The van der Waals surface area contributed by atoms with Crippen LogP contribution in [-0.4, -0.2) is 48.0 Å². The van der Waals surface area contributed by atoms with Crippen LogP contribution < -0.4 is 25.2 Å². The number of carbonyl (C=O) groups is 1. The van der Waals surface area contributed by atoms with E-state index in [1.54, 1.807) is 14.2 Å². The Morgan fingerprint density at radius 1 is 1.03 bits per heavy atom. The Morgan fingerprint density at radius 2 is 1.81 bits per heavy atom. The molecule has 3 aromatic rings. The minimum absolute atomic E-state index is 0.208. The van der Waals surface area contributed by atoms with Gasteiger partial charge in [-0.1, -0.05) is 18.2 Å². The number of benzene rings is 2. The molecular formula is C22H23N5O4. The average molecular weight is 421 g/mol. The Balaban J connectivity index is 1.47. The molecule has 9 nitrogen and oxygen atoms in total. The van der Waals surface area contributed by atoms with Crippen LogP contribution in [0.25, 0.3) is 0 Å². The summed E-state index contributed by atoms with van der Waals surface area (Å²) in [5, 5.41) is 10.8. The lowest BCUT2D eigenvalue weighted by atomic mass is 10.1. The summed E-state index contributed by atoms with van der Waals surface area (Å²) in [6.07, 6.45) is 0.570. The lowest BCUT2D eigenvalue weighted by Gasteiger charge is -2.17. The fraction of sp³-hybridized carbons (Fsp3) is 0.273. The van der Waals surface area contributed by atoms with E-state index in [0.29, 0.717) is 32.0 Å². The van der Waals surface area contributed by atoms with Crippen molar-refractivity contribution in [2.24, 2.45) is 0 Å². The maximum absolute atomic E-state index is 12.8. The first-order valence-electron chi connectivity index (χ1n) is 9.91. The highest BCUT2D eigenvalue weighted by molar-refractivity contribution is 5.91. The van der Waals surface area contributed by atoms with Crippen LogP contribution in [0.2, 0.25) is 0 Å². The van der Waals surface area contributed by atoms with Gasteiger partial charge in [-0.15, -0.1) is 10.2 Å². The highest BCUT2D eigenvalue weighted by atomic mass is 16.5. The Hall–Kier alpha value is -3.88. The number of fused-ring (bicyclic) bond motifs is 1. The molecule has 160 valence electrons. The van der Waals surface area contributed by atoms with Gasteiger partial charge in [-0.2, -0.15) is 0 Å². The van der Waals surface area contributed by atoms with Crippen molar-refractivity contribution in [1.82, 2.24) is 20.1 Å².